The maximum Gasteiger partial charge on any atom is 0.338 e. The summed E-state index contributed by atoms with van der Waals surface area (Å²) < 4.78 is 36.8. The Morgan fingerprint density at radius 3 is 2.01 bits per heavy atom. The van der Waals surface area contributed by atoms with Gasteiger partial charge >= 0.3 is 17.9 Å². The normalized spacial score (nSPS) is 36.0. The first-order chi connectivity index (χ1) is 32.2. The van der Waals surface area contributed by atoms with E-state index in [2.05, 4.69) is 5.32 Å². The molecular formula is C50H57NO17. The lowest BCUT2D eigenvalue weighted by molar-refractivity contribution is -0.366. The number of amides is 1. The molecule has 2 bridgehead atoms. The fourth-order valence-electron chi connectivity index (χ4n) is 11.2. The van der Waals surface area contributed by atoms with Crippen molar-refractivity contribution in [1.29, 1.82) is 0 Å². The monoisotopic (exact) mass is 943 g/mol. The summed E-state index contributed by atoms with van der Waals surface area (Å²) in [5, 5.41) is 72.9. The van der Waals surface area contributed by atoms with Crippen LogP contribution in [0.1, 0.15) is 79.8 Å². The van der Waals surface area contributed by atoms with Gasteiger partial charge in [-0.2, -0.15) is 0 Å². The van der Waals surface area contributed by atoms with Crippen molar-refractivity contribution in [2.45, 2.75) is 126 Å². The Labute approximate surface area is 391 Å². The average molecular weight is 944 g/mol. The van der Waals surface area contributed by atoms with Gasteiger partial charge in [-0.1, -0.05) is 80.6 Å². The van der Waals surface area contributed by atoms with Crippen LogP contribution in [0.5, 0.6) is 0 Å². The van der Waals surface area contributed by atoms with Crippen LogP contribution in [0.15, 0.2) is 102 Å². The third-order valence-corrected chi connectivity index (χ3v) is 14.9. The summed E-state index contributed by atoms with van der Waals surface area (Å²) in [6.45, 7) is 6.21. The fourth-order valence-corrected chi connectivity index (χ4v) is 11.2. The minimum absolute atomic E-state index is 0.0280. The predicted octanol–water partition coefficient (Wildman–Crippen LogP) is 1.63. The van der Waals surface area contributed by atoms with E-state index in [9.17, 15) is 49.8 Å². The highest BCUT2D eigenvalue weighted by molar-refractivity contribution is 5.95. The number of Topliss-reactive ketones (excluding diaryl/α,β-unsaturated/α-hetero) is 1. The van der Waals surface area contributed by atoms with E-state index >= 15 is 4.79 Å². The quantitative estimate of drug-likeness (QED) is 0.0818. The molecule has 68 heavy (non-hydrogen) atoms. The van der Waals surface area contributed by atoms with Crippen LogP contribution in [0, 0.1) is 16.7 Å². The highest BCUT2D eigenvalue weighted by atomic mass is 16.7. The summed E-state index contributed by atoms with van der Waals surface area (Å²) in [6, 6.07) is 22.7. The Hall–Kier alpha value is -5.41. The summed E-state index contributed by atoms with van der Waals surface area (Å²) >= 11 is 0. The standard InChI is InChI=1S/C50H57NO17/c1-25-31(65-45(61)38(56)35(27-15-9-6-10-16-27)51-43(59)28-17-11-7-12-18-28)22-50(62)42(67-44(60)29-19-13-8-14-20-29)40-48(5,41(58)37(55)34(25)47(50,3)4)32(21-33-49(40,24-64-33)68-26(2)52)66-46-39(57)36(54)30(53)23-63-46/h6-20,30-33,35-40,42,46,53-57,62H,21-24H2,1-5H3,(H,51,59)/t30-,31-,32-,33-,35-,36-,37+,38+,39+,40-,42+,46+,48+,49-,50+/m0/s1. The zero-order chi connectivity index (χ0) is 49.1. The molecule has 2 aliphatic heterocycles. The number of hydrogen-bond donors (Lipinski definition) is 7. The number of aliphatic hydroxyl groups excluding tert-OH is 5. The van der Waals surface area contributed by atoms with Crippen LogP contribution >= 0.6 is 0 Å². The first-order valence-corrected chi connectivity index (χ1v) is 22.5. The molecule has 15 atom stereocenters. The Kier molecular flexibility index (Phi) is 13.3. The number of carbonyl (C=O) groups is 5. The van der Waals surface area contributed by atoms with Gasteiger partial charge in [-0.25, -0.2) is 9.59 Å². The lowest BCUT2D eigenvalue weighted by Crippen LogP contribution is -2.82. The van der Waals surface area contributed by atoms with Crippen LogP contribution in [0.25, 0.3) is 0 Å². The van der Waals surface area contributed by atoms with E-state index in [0.717, 1.165) is 6.92 Å². The van der Waals surface area contributed by atoms with Gasteiger partial charge in [0.15, 0.2) is 23.8 Å². The number of aliphatic hydroxyl groups is 6. The zero-order valence-electron chi connectivity index (χ0n) is 38.1. The molecule has 2 heterocycles. The van der Waals surface area contributed by atoms with Crippen molar-refractivity contribution < 1.29 is 83.0 Å². The molecule has 3 aromatic carbocycles. The van der Waals surface area contributed by atoms with Gasteiger partial charge in [-0.3, -0.25) is 14.4 Å². The molecule has 364 valence electrons. The molecule has 1 amide bonds. The molecule has 0 spiro atoms. The molecule has 2 saturated heterocycles. The van der Waals surface area contributed by atoms with E-state index < -0.39 is 138 Å². The zero-order valence-corrected chi connectivity index (χ0v) is 38.1. The summed E-state index contributed by atoms with van der Waals surface area (Å²) in [6.07, 6.45) is -17.8. The molecule has 0 radical (unpaired) electrons. The predicted molar refractivity (Wildman–Crippen MR) is 235 cm³/mol. The van der Waals surface area contributed by atoms with Crippen molar-refractivity contribution >= 4 is 29.6 Å². The van der Waals surface area contributed by atoms with Crippen molar-refractivity contribution in [2.24, 2.45) is 16.7 Å². The largest absolute Gasteiger partial charge is 0.456 e. The highest BCUT2D eigenvalue weighted by Crippen LogP contribution is 2.65. The van der Waals surface area contributed by atoms with Crippen molar-refractivity contribution in [3.05, 3.63) is 119 Å². The molecule has 2 saturated carbocycles. The Morgan fingerprint density at radius 2 is 1.43 bits per heavy atom. The first kappa shape index (κ1) is 49.0. The summed E-state index contributed by atoms with van der Waals surface area (Å²) in [7, 11) is 0. The molecule has 18 nitrogen and oxygen atoms in total. The topological polar surface area (TPSA) is 274 Å². The van der Waals surface area contributed by atoms with Crippen molar-refractivity contribution in [1.82, 2.24) is 5.32 Å². The average Bonchev–Trinajstić information content (AvgIpc) is 3.31. The maximum atomic E-state index is 15.7. The van der Waals surface area contributed by atoms with Crippen LogP contribution < -0.4 is 5.32 Å². The summed E-state index contributed by atoms with van der Waals surface area (Å²) in [5.74, 6) is -6.29. The summed E-state index contributed by atoms with van der Waals surface area (Å²) in [5.41, 5.74) is -7.60. The number of hydrogen-bond acceptors (Lipinski definition) is 17. The number of ketones is 1. The van der Waals surface area contributed by atoms with Crippen LogP contribution in [-0.4, -0.2) is 146 Å². The molecule has 18 heteroatoms. The van der Waals surface area contributed by atoms with E-state index in [-0.39, 0.29) is 35.3 Å². The Bertz CT molecular complexity index is 2430. The van der Waals surface area contributed by atoms with Gasteiger partial charge in [0, 0.05) is 30.7 Å². The lowest BCUT2D eigenvalue weighted by atomic mass is 9.44. The number of ether oxygens (including phenoxy) is 6. The maximum absolute atomic E-state index is 15.7. The highest BCUT2D eigenvalue weighted by Gasteiger charge is 2.78. The van der Waals surface area contributed by atoms with E-state index in [1.54, 1.807) is 78.9 Å². The number of carbonyl (C=O) groups excluding carboxylic acids is 5. The molecule has 0 aromatic heterocycles. The van der Waals surface area contributed by atoms with Gasteiger partial charge < -0.3 is 64.4 Å². The van der Waals surface area contributed by atoms with Gasteiger partial charge in [-0.05, 0) is 54.8 Å². The van der Waals surface area contributed by atoms with Crippen molar-refractivity contribution in [3.8, 4) is 0 Å². The van der Waals surface area contributed by atoms with Gasteiger partial charge in [0.25, 0.3) is 5.91 Å². The van der Waals surface area contributed by atoms with E-state index in [4.69, 9.17) is 28.4 Å². The van der Waals surface area contributed by atoms with Crippen LogP contribution in [-0.2, 0) is 42.8 Å². The second kappa shape index (κ2) is 18.5. The summed E-state index contributed by atoms with van der Waals surface area (Å²) in [4.78, 5) is 71.3. The minimum atomic E-state index is -2.47. The SMILES string of the molecule is CC(=O)O[C@@]12CO[C@H]1C[C@H](O[C@H]1OC[C@H](O)[C@H](O)[C@H]1O)[C@@]1(C)C(=O)[C@H](O)C3=C(C)[C@@H](OC(=O)[C@H](O)[C@@H](NC(=O)c4ccccc4)c4ccccc4)C[C@@](O)([C@H](OC(=O)c4ccccc4)[C@H]21)C3(C)C. The molecule has 8 rings (SSSR count). The number of rotatable bonds is 11. The third kappa shape index (κ3) is 8.14. The molecule has 3 aliphatic carbocycles. The molecule has 3 aromatic rings. The van der Waals surface area contributed by atoms with Crippen molar-refractivity contribution in [2.75, 3.05) is 13.2 Å². The van der Waals surface area contributed by atoms with Crippen LogP contribution in [0.4, 0.5) is 0 Å². The second-order valence-electron chi connectivity index (χ2n) is 19.1. The van der Waals surface area contributed by atoms with E-state index in [0.29, 0.717) is 5.56 Å². The first-order valence-electron chi connectivity index (χ1n) is 22.5. The Balaban J connectivity index is 1.26. The van der Waals surface area contributed by atoms with E-state index in [1.807, 2.05) is 0 Å². The molecule has 4 fully saturated rings. The van der Waals surface area contributed by atoms with Gasteiger partial charge in [0.2, 0.25) is 0 Å². The second-order valence-corrected chi connectivity index (χ2v) is 19.1. The van der Waals surface area contributed by atoms with Gasteiger partial charge in [0.05, 0.1) is 42.3 Å². The van der Waals surface area contributed by atoms with Gasteiger partial charge in [-0.15, -0.1) is 0 Å². The van der Waals surface area contributed by atoms with E-state index in [1.165, 1.54) is 39.8 Å². The van der Waals surface area contributed by atoms with Crippen LogP contribution in [0.2, 0.25) is 0 Å². The van der Waals surface area contributed by atoms with Gasteiger partial charge in [0.1, 0.15) is 48.3 Å². The lowest BCUT2D eigenvalue weighted by Gasteiger charge is -2.68. The molecular weight excluding hydrogens is 887 g/mol. The number of fused-ring (bicyclic) bond motifs is 5. The fraction of sp³-hybridized carbons (Fsp3) is 0.500. The molecule has 5 aliphatic rings. The molecule has 7 N–H and O–H groups in total. The molecule has 0 unspecified atom stereocenters. The van der Waals surface area contributed by atoms with Crippen LogP contribution in [0.3, 0.4) is 0 Å². The smallest absolute Gasteiger partial charge is 0.338 e. The minimum Gasteiger partial charge on any atom is -0.456 e. The number of nitrogens with one attached hydrogen (secondary N) is 1. The number of benzene rings is 3. The Morgan fingerprint density at radius 1 is 0.824 bits per heavy atom. The third-order valence-electron chi connectivity index (χ3n) is 14.9. The number of esters is 3. The van der Waals surface area contributed by atoms with Crippen molar-refractivity contribution in [3.63, 3.8) is 0 Å².